The molecule has 1 aromatic rings. The van der Waals surface area contributed by atoms with Crippen LogP contribution in [0.25, 0.3) is 0 Å². The van der Waals surface area contributed by atoms with Crippen molar-refractivity contribution < 1.29 is 19.5 Å². The molecule has 0 spiro atoms. The molecule has 0 bridgehead atoms. The number of methoxy groups -OCH3 is 2. The van der Waals surface area contributed by atoms with Crippen LogP contribution in [0.2, 0.25) is 5.02 Å². The van der Waals surface area contributed by atoms with Gasteiger partial charge in [0.05, 0.1) is 14.2 Å². The van der Waals surface area contributed by atoms with E-state index >= 15 is 0 Å². The summed E-state index contributed by atoms with van der Waals surface area (Å²) in [6.45, 7) is 0. The van der Waals surface area contributed by atoms with E-state index in [9.17, 15) is 0 Å². The summed E-state index contributed by atoms with van der Waals surface area (Å²) in [6.07, 6.45) is 0. The first-order valence-corrected chi connectivity index (χ1v) is 4.25. The molecule has 0 aliphatic carbocycles. The van der Waals surface area contributed by atoms with Crippen molar-refractivity contribution in [3.05, 3.63) is 17.2 Å². The SMILES string of the molecule is COc1cc(B(O)O)cc(OC)c1Cl. The smallest absolute Gasteiger partial charge is 0.488 e. The maximum absolute atomic E-state index is 8.96. The third kappa shape index (κ3) is 2.12. The second-order valence-electron chi connectivity index (χ2n) is 2.61. The van der Waals surface area contributed by atoms with Gasteiger partial charge in [0.2, 0.25) is 0 Å². The normalized spacial score (nSPS) is 9.79. The van der Waals surface area contributed by atoms with Crippen LogP contribution >= 0.6 is 11.6 Å². The molecule has 6 heteroatoms. The van der Waals surface area contributed by atoms with Crippen molar-refractivity contribution in [3.8, 4) is 11.5 Å². The van der Waals surface area contributed by atoms with Crippen molar-refractivity contribution in [1.82, 2.24) is 0 Å². The second kappa shape index (κ2) is 4.55. The van der Waals surface area contributed by atoms with E-state index in [1.165, 1.54) is 26.4 Å². The topological polar surface area (TPSA) is 58.9 Å². The number of benzene rings is 1. The monoisotopic (exact) mass is 216 g/mol. The van der Waals surface area contributed by atoms with Crippen LogP contribution in [0.5, 0.6) is 11.5 Å². The van der Waals surface area contributed by atoms with Crippen LogP contribution in [0.1, 0.15) is 0 Å². The molecular weight excluding hydrogens is 206 g/mol. The summed E-state index contributed by atoms with van der Waals surface area (Å²) in [4.78, 5) is 0. The minimum absolute atomic E-state index is 0.267. The first-order valence-electron chi connectivity index (χ1n) is 3.87. The lowest BCUT2D eigenvalue weighted by Gasteiger charge is -2.10. The van der Waals surface area contributed by atoms with Gasteiger partial charge in [0.1, 0.15) is 16.5 Å². The Morgan fingerprint density at radius 1 is 1.14 bits per heavy atom. The lowest BCUT2D eigenvalue weighted by molar-refractivity contribution is 0.393. The first-order chi connectivity index (χ1) is 6.60. The van der Waals surface area contributed by atoms with Crippen molar-refractivity contribution in [3.63, 3.8) is 0 Å². The van der Waals surface area contributed by atoms with E-state index in [2.05, 4.69) is 0 Å². The summed E-state index contributed by atoms with van der Waals surface area (Å²) in [5, 5.41) is 18.2. The van der Waals surface area contributed by atoms with Gasteiger partial charge in [-0.2, -0.15) is 0 Å². The zero-order valence-corrected chi connectivity index (χ0v) is 8.58. The molecule has 0 radical (unpaired) electrons. The van der Waals surface area contributed by atoms with Crippen LogP contribution in [-0.4, -0.2) is 31.4 Å². The molecule has 2 N–H and O–H groups in total. The number of ether oxygens (including phenoxy) is 2. The summed E-state index contributed by atoms with van der Waals surface area (Å²) < 4.78 is 9.89. The maximum Gasteiger partial charge on any atom is 0.488 e. The molecule has 76 valence electrons. The highest BCUT2D eigenvalue weighted by atomic mass is 35.5. The highest BCUT2D eigenvalue weighted by Crippen LogP contribution is 2.32. The summed E-state index contributed by atoms with van der Waals surface area (Å²) in [6, 6.07) is 2.88. The lowest BCUT2D eigenvalue weighted by atomic mass is 9.80. The first kappa shape index (κ1) is 11.2. The van der Waals surface area contributed by atoms with Gasteiger partial charge in [0, 0.05) is 0 Å². The zero-order valence-electron chi connectivity index (χ0n) is 7.82. The highest BCUT2D eigenvalue weighted by molar-refractivity contribution is 6.59. The van der Waals surface area contributed by atoms with Gasteiger partial charge in [0.15, 0.2) is 0 Å². The van der Waals surface area contributed by atoms with Gasteiger partial charge >= 0.3 is 7.12 Å². The fraction of sp³-hybridized carbons (Fsp3) is 0.250. The van der Waals surface area contributed by atoms with E-state index < -0.39 is 7.12 Å². The van der Waals surface area contributed by atoms with Crippen molar-refractivity contribution in [2.75, 3.05) is 14.2 Å². The predicted molar refractivity (Wildman–Crippen MR) is 54.4 cm³/mol. The average molecular weight is 216 g/mol. The largest absolute Gasteiger partial charge is 0.495 e. The molecule has 14 heavy (non-hydrogen) atoms. The van der Waals surface area contributed by atoms with Gasteiger partial charge < -0.3 is 19.5 Å². The number of hydrogen-bond donors (Lipinski definition) is 2. The molecule has 1 rings (SSSR count). The average Bonchev–Trinajstić information content (AvgIpc) is 2.17. The summed E-state index contributed by atoms with van der Waals surface area (Å²) in [5.74, 6) is 0.684. The Labute approximate surface area is 87.2 Å². The third-order valence-electron chi connectivity index (χ3n) is 1.77. The Balaban J connectivity index is 3.25. The molecule has 0 atom stereocenters. The minimum Gasteiger partial charge on any atom is -0.495 e. The molecule has 0 saturated carbocycles. The van der Waals surface area contributed by atoms with Crippen molar-refractivity contribution in [2.24, 2.45) is 0 Å². The van der Waals surface area contributed by atoms with Crippen LogP contribution in [0.15, 0.2) is 12.1 Å². The van der Waals surface area contributed by atoms with Gasteiger partial charge in [-0.3, -0.25) is 0 Å². The fourth-order valence-corrected chi connectivity index (χ4v) is 1.30. The van der Waals surface area contributed by atoms with Crippen LogP contribution in [0.3, 0.4) is 0 Å². The van der Waals surface area contributed by atoms with Crippen LogP contribution in [0, 0.1) is 0 Å². The van der Waals surface area contributed by atoms with Crippen molar-refractivity contribution in [1.29, 1.82) is 0 Å². The molecular formula is C8H10BClO4. The molecule has 0 fully saturated rings. The van der Waals surface area contributed by atoms with Crippen LogP contribution in [0.4, 0.5) is 0 Å². The van der Waals surface area contributed by atoms with E-state index in [4.69, 9.17) is 31.1 Å². The minimum atomic E-state index is -1.57. The van der Waals surface area contributed by atoms with Crippen molar-refractivity contribution in [2.45, 2.75) is 0 Å². The summed E-state index contributed by atoms with van der Waals surface area (Å²) in [7, 11) is 1.30. The molecule has 0 unspecified atom stereocenters. The number of hydrogen-bond acceptors (Lipinski definition) is 4. The molecule has 4 nitrogen and oxygen atoms in total. The third-order valence-corrected chi connectivity index (χ3v) is 2.14. The lowest BCUT2D eigenvalue weighted by Crippen LogP contribution is -2.29. The molecule has 0 saturated heterocycles. The van der Waals surface area contributed by atoms with E-state index in [-0.39, 0.29) is 5.46 Å². The standard InChI is InChI=1S/C8H10BClO4/c1-13-6-3-5(9(11)12)4-7(14-2)8(6)10/h3-4,11-12H,1-2H3. The molecule has 0 aliphatic rings. The van der Waals surface area contributed by atoms with Gasteiger partial charge in [-0.05, 0) is 17.6 Å². The number of halogens is 1. The quantitative estimate of drug-likeness (QED) is 0.700. The second-order valence-corrected chi connectivity index (χ2v) is 2.99. The Morgan fingerprint density at radius 2 is 1.57 bits per heavy atom. The molecule has 1 aromatic carbocycles. The Kier molecular flexibility index (Phi) is 3.63. The molecule has 0 aromatic heterocycles. The van der Waals surface area contributed by atoms with Gasteiger partial charge in [-0.25, -0.2) is 0 Å². The zero-order chi connectivity index (χ0) is 10.7. The van der Waals surface area contributed by atoms with E-state index in [1.807, 2.05) is 0 Å². The highest BCUT2D eigenvalue weighted by Gasteiger charge is 2.17. The molecule has 0 aliphatic heterocycles. The predicted octanol–water partition coefficient (Wildman–Crippen LogP) is 0.0370. The number of rotatable bonds is 3. The van der Waals surface area contributed by atoms with Crippen molar-refractivity contribution >= 4 is 24.2 Å². The molecule has 0 heterocycles. The van der Waals surface area contributed by atoms with Crippen LogP contribution < -0.4 is 14.9 Å². The molecule has 0 amide bonds. The van der Waals surface area contributed by atoms with E-state index in [0.29, 0.717) is 16.5 Å². The summed E-state index contributed by atoms with van der Waals surface area (Å²) >= 11 is 5.87. The Bertz CT molecular complexity index is 304. The van der Waals surface area contributed by atoms with E-state index in [0.717, 1.165) is 0 Å². The fourth-order valence-electron chi connectivity index (χ4n) is 1.04. The van der Waals surface area contributed by atoms with Gasteiger partial charge in [-0.15, -0.1) is 0 Å². The van der Waals surface area contributed by atoms with E-state index in [1.54, 1.807) is 0 Å². The summed E-state index contributed by atoms with van der Waals surface area (Å²) in [5.41, 5.74) is 0.267. The maximum atomic E-state index is 8.96. The van der Waals surface area contributed by atoms with Gasteiger partial charge in [0.25, 0.3) is 0 Å². The Morgan fingerprint density at radius 3 is 1.86 bits per heavy atom. The Hall–Kier alpha value is -0.905. The van der Waals surface area contributed by atoms with Crippen LogP contribution in [-0.2, 0) is 0 Å². The van der Waals surface area contributed by atoms with Gasteiger partial charge in [-0.1, -0.05) is 11.6 Å².